The SMILES string of the molecule is COc1cc(F)c(C(O)c2ccc(SC)cc2)cc1OC. The number of aliphatic hydroxyl groups is 1. The van der Waals surface area contributed by atoms with Crippen LogP contribution >= 0.6 is 11.8 Å². The molecule has 0 aliphatic heterocycles. The third-order valence-electron chi connectivity index (χ3n) is 3.23. The van der Waals surface area contributed by atoms with Gasteiger partial charge in [-0.15, -0.1) is 11.8 Å². The second-order valence-electron chi connectivity index (χ2n) is 4.40. The van der Waals surface area contributed by atoms with Crippen LogP contribution in [0.4, 0.5) is 4.39 Å². The van der Waals surface area contributed by atoms with Gasteiger partial charge < -0.3 is 14.6 Å². The van der Waals surface area contributed by atoms with Crippen molar-refractivity contribution in [3.8, 4) is 11.5 Å². The van der Waals surface area contributed by atoms with Crippen molar-refractivity contribution in [3.05, 3.63) is 53.3 Å². The van der Waals surface area contributed by atoms with Crippen molar-refractivity contribution in [3.63, 3.8) is 0 Å². The van der Waals surface area contributed by atoms with Crippen LogP contribution in [0.3, 0.4) is 0 Å². The van der Waals surface area contributed by atoms with Crippen LogP contribution in [0.15, 0.2) is 41.3 Å². The van der Waals surface area contributed by atoms with Crippen LogP contribution in [0.1, 0.15) is 17.2 Å². The van der Waals surface area contributed by atoms with Gasteiger partial charge in [0.2, 0.25) is 0 Å². The zero-order valence-electron chi connectivity index (χ0n) is 12.1. The first-order valence-electron chi connectivity index (χ1n) is 6.34. The molecule has 0 bridgehead atoms. The van der Waals surface area contributed by atoms with Gasteiger partial charge >= 0.3 is 0 Å². The summed E-state index contributed by atoms with van der Waals surface area (Å²) in [5.74, 6) is 0.145. The van der Waals surface area contributed by atoms with Crippen LogP contribution in [0.2, 0.25) is 0 Å². The fourth-order valence-corrected chi connectivity index (χ4v) is 2.45. The van der Waals surface area contributed by atoms with E-state index < -0.39 is 11.9 Å². The molecule has 5 heteroatoms. The Morgan fingerprint density at radius 3 is 2.14 bits per heavy atom. The molecule has 1 unspecified atom stereocenters. The molecule has 2 rings (SSSR count). The number of rotatable bonds is 5. The molecular weight excluding hydrogens is 291 g/mol. The van der Waals surface area contributed by atoms with Gasteiger partial charge in [0.05, 0.1) is 14.2 Å². The van der Waals surface area contributed by atoms with E-state index in [0.29, 0.717) is 17.1 Å². The van der Waals surface area contributed by atoms with Crippen LogP contribution in [-0.4, -0.2) is 25.6 Å². The number of ether oxygens (including phenoxy) is 2. The van der Waals surface area contributed by atoms with Crippen molar-refractivity contribution in [2.75, 3.05) is 20.5 Å². The molecule has 1 N–H and O–H groups in total. The lowest BCUT2D eigenvalue weighted by Gasteiger charge is -2.16. The predicted molar refractivity (Wildman–Crippen MR) is 81.8 cm³/mol. The molecule has 0 aromatic heterocycles. The zero-order valence-corrected chi connectivity index (χ0v) is 12.9. The Morgan fingerprint density at radius 1 is 1.05 bits per heavy atom. The first-order valence-corrected chi connectivity index (χ1v) is 7.56. The van der Waals surface area contributed by atoms with Crippen molar-refractivity contribution in [1.29, 1.82) is 0 Å². The number of methoxy groups -OCH3 is 2. The Bertz CT molecular complexity index is 614. The number of hydrogen-bond acceptors (Lipinski definition) is 4. The molecule has 0 fully saturated rings. The minimum absolute atomic E-state index is 0.157. The largest absolute Gasteiger partial charge is 0.493 e. The van der Waals surface area contributed by atoms with E-state index in [1.807, 2.05) is 18.4 Å². The van der Waals surface area contributed by atoms with Crippen LogP contribution in [0.25, 0.3) is 0 Å². The smallest absolute Gasteiger partial charge is 0.163 e. The maximum absolute atomic E-state index is 14.1. The van der Waals surface area contributed by atoms with Gasteiger partial charge in [-0.05, 0) is 30.0 Å². The maximum atomic E-state index is 14.1. The molecule has 0 saturated carbocycles. The molecule has 0 radical (unpaired) electrons. The number of hydrogen-bond donors (Lipinski definition) is 1. The summed E-state index contributed by atoms with van der Waals surface area (Å²) in [6.07, 6.45) is 0.917. The molecule has 112 valence electrons. The molecule has 0 spiro atoms. The van der Waals surface area contributed by atoms with E-state index in [-0.39, 0.29) is 5.56 Å². The average Bonchev–Trinajstić information content (AvgIpc) is 2.54. The van der Waals surface area contributed by atoms with Crippen LogP contribution in [-0.2, 0) is 0 Å². The lowest BCUT2D eigenvalue weighted by molar-refractivity contribution is 0.213. The summed E-state index contributed by atoms with van der Waals surface area (Å²) in [7, 11) is 2.91. The highest BCUT2D eigenvalue weighted by molar-refractivity contribution is 7.98. The topological polar surface area (TPSA) is 38.7 Å². The summed E-state index contributed by atoms with van der Waals surface area (Å²) < 4.78 is 24.3. The summed E-state index contributed by atoms with van der Waals surface area (Å²) >= 11 is 1.61. The van der Waals surface area contributed by atoms with Gasteiger partial charge in [-0.1, -0.05) is 12.1 Å². The average molecular weight is 308 g/mol. The molecule has 0 aliphatic rings. The van der Waals surface area contributed by atoms with Crippen molar-refractivity contribution in [2.24, 2.45) is 0 Å². The third kappa shape index (κ3) is 3.31. The fourth-order valence-electron chi connectivity index (χ4n) is 2.05. The van der Waals surface area contributed by atoms with Gasteiger partial charge in [0.15, 0.2) is 11.5 Å². The van der Waals surface area contributed by atoms with Crippen LogP contribution in [0.5, 0.6) is 11.5 Å². The highest BCUT2D eigenvalue weighted by Crippen LogP contribution is 2.34. The second kappa shape index (κ2) is 6.83. The number of aliphatic hydroxyl groups excluding tert-OH is 1. The maximum Gasteiger partial charge on any atom is 0.163 e. The van der Waals surface area contributed by atoms with Gasteiger partial charge in [0.1, 0.15) is 11.9 Å². The molecule has 0 heterocycles. The van der Waals surface area contributed by atoms with E-state index >= 15 is 0 Å². The standard InChI is InChI=1S/C16H17FO3S/c1-19-14-8-12(13(17)9-15(14)20-2)16(18)10-4-6-11(21-3)7-5-10/h4-9,16,18H,1-3H3. The quantitative estimate of drug-likeness (QED) is 0.856. The third-order valence-corrected chi connectivity index (χ3v) is 3.97. The van der Waals surface area contributed by atoms with Gasteiger partial charge in [-0.3, -0.25) is 0 Å². The van der Waals surface area contributed by atoms with Crippen molar-refractivity contribution in [1.82, 2.24) is 0 Å². The summed E-state index contributed by atoms with van der Waals surface area (Å²) in [6, 6.07) is 10.0. The Kier molecular flexibility index (Phi) is 5.09. The second-order valence-corrected chi connectivity index (χ2v) is 5.28. The van der Waals surface area contributed by atoms with Gasteiger partial charge in [0.25, 0.3) is 0 Å². The Hall–Kier alpha value is -1.72. The van der Waals surface area contributed by atoms with Gasteiger partial charge in [-0.2, -0.15) is 0 Å². The molecule has 3 nitrogen and oxygen atoms in total. The van der Waals surface area contributed by atoms with Crippen LogP contribution in [0, 0.1) is 5.82 Å². The van der Waals surface area contributed by atoms with Gasteiger partial charge in [-0.25, -0.2) is 4.39 Å². The van der Waals surface area contributed by atoms with Gasteiger partial charge in [0, 0.05) is 16.5 Å². The highest BCUT2D eigenvalue weighted by Gasteiger charge is 2.19. The van der Waals surface area contributed by atoms with Crippen molar-refractivity contribution in [2.45, 2.75) is 11.0 Å². The highest BCUT2D eigenvalue weighted by atomic mass is 32.2. The predicted octanol–water partition coefficient (Wildman–Crippen LogP) is 3.65. The molecular formula is C16H17FO3S. The Labute approximate surface area is 127 Å². The van der Waals surface area contributed by atoms with E-state index in [1.54, 1.807) is 23.9 Å². The minimum Gasteiger partial charge on any atom is -0.493 e. The van der Waals surface area contributed by atoms with E-state index in [2.05, 4.69) is 0 Å². The first-order chi connectivity index (χ1) is 10.1. The van der Waals surface area contributed by atoms with Crippen LogP contribution < -0.4 is 9.47 Å². The normalized spacial score (nSPS) is 12.0. The number of halogens is 1. The van der Waals surface area contributed by atoms with E-state index in [4.69, 9.17) is 9.47 Å². The Morgan fingerprint density at radius 2 is 1.62 bits per heavy atom. The first kappa shape index (κ1) is 15.7. The number of benzene rings is 2. The monoisotopic (exact) mass is 308 g/mol. The summed E-state index contributed by atoms with van der Waals surface area (Å²) in [5, 5.41) is 10.4. The van der Waals surface area contributed by atoms with E-state index in [9.17, 15) is 9.50 Å². The van der Waals surface area contributed by atoms with E-state index in [1.165, 1.54) is 26.4 Å². The van der Waals surface area contributed by atoms with E-state index in [0.717, 1.165) is 4.90 Å². The summed E-state index contributed by atoms with van der Waals surface area (Å²) in [4.78, 5) is 1.08. The summed E-state index contributed by atoms with van der Waals surface area (Å²) in [5.41, 5.74) is 0.781. The molecule has 2 aromatic rings. The number of thioether (sulfide) groups is 1. The van der Waals surface area contributed by atoms with Crippen molar-refractivity contribution >= 4 is 11.8 Å². The molecule has 21 heavy (non-hydrogen) atoms. The minimum atomic E-state index is -1.05. The zero-order chi connectivity index (χ0) is 15.4. The molecule has 1 atom stereocenters. The molecule has 2 aromatic carbocycles. The Balaban J connectivity index is 2.39. The molecule has 0 aliphatic carbocycles. The summed E-state index contributed by atoms with van der Waals surface area (Å²) in [6.45, 7) is 0. The molecule has 0 amide bonds. The molecule has 0 saturated heterocycles. The lowest BCUT2D eigenvalue weighted by atomic mass is 10.0. The lowest BCUT2D eigenvalue weighted by Crippen LogP contribution is -2.04. The fraction of sp³-hybridized carbons (Fsp3) is 0.250. The van der Waals surface area contributed by atoms with Crippen molar-refractivity contribution < 1.29 is 19.0 Å².